The van der Waals surface area contributed by atoms with E-state index in [1.807, 2.05) is 11.4 Å². The number of rotatable bonds is 3. The zero-order valence-electron chi connectivity index (χ0n) is 13.9. The molecule has 3 amide bonds. The van der Waals surface area contributed by atoms with Gasteiger partial charge in [-0.1, -0.05) is 18.2 Å². The quantitative estimate of drug-likeness (QED) is 0.808. The molecular weight excluding hydrogens is 357 g/mol. The monoisotopic (exact) mass is 375 g/mol. The fraction of sp³-hybridized carbons (Fsp3) is 0.278. The summed E-state index contributed by atoms with van der Waals surface area (Å²) in [7, 11) is 0. The molecule has 0 aliphatic carbocycles. The van der Waals surface area contributed by atoms with E-state index in [-0.39, 0.29) is 23.3 Å². The molecule has 8 heteroatoms. The van der Waals surface area contributed by atoms with E-state index in [0.717, 1.165) is 0 Å². The van der Waals surface area contributed by atoms with Crippen molar-refractivity contribution in [2.24, 2.45) is 5.92 Å². The van der Waals surface area contributed by atoms with Gasteiger partial charge in [-0.2, -0.15) is 0 Å². The van der Waals surface area contributed by atoms with Gasteiger partial charge in [0.2, 0.25) is 5.91 Å². The van der Waals surface area contributed by atoms with Gasteiger partial charge in [0.25, 0.3) is 11.8 Å². The first-order valence-corrected chi connectivity index (χ1v) is 9.11. The van der Waals surface area contributed by atoms with Gasteiger partial charge in [0.1, 0.15) is 5.82 Å². The highest BCUT2D eigenvalue weighted by Gasteiger charge is 2.28. The molecule has 136 valence electrons. The zero-order valence-corrected chi connectivity index (χ0v) is 14.7. The van der Waals surface area contributed by atoms with Crippen molar-refractivity contribution in [3.63, 3.8) is 0 Å². The number of hydrogen-bond acceptors (Lipinski definition) is 4. The predicted molar refractivity (Wildman–Crippen MR) is 95.0 cm³/mol. The third-order valence-electron chi connectivity index (χ3n) is 4.30. The summed E-state index contributed by atoms with van der Waals surface area (Å²) < 4.78 is 13.5. The van der Waals surface area contributed by atoms with Crippen molar-refractivity contribution >= 4 is 29.1 Å². The minimum atomic E-state index is -0.707. The zero-order chi connectivity index (χ0) is 18.5. The highest BCUT2D eigenvalue weighted by atomic mass is 32.1. The van der Waals surface area contributed by atoms with Crippen molar-refractivity contribution in [3.8, 4) is 0 Å². The number of carbonyl (C=O) groups is 3. The summed E-state index contributed by atoms with van der Waals surface area (Å²) in [5.41, 5.74) is 4.44. The van der Waals surface area contributed by atoms with Gasteiger partial charge in [0, 0.05) is 19.0 Å². The van der Waals surface area contributed by atoms with Crippen LogP contribution in [-0.4, -0.2) is 35.7 Å². The number of amides is 3. The minimum Gasteiger partial charge on any atom is -0.338 e. The number of benzene rings is 1. The van der Waals surface area contributed by atoms with E-state index in [1.54, 1.807) is 17.0 Å². The van der Waals surface area contributed by atoms with Crippen LogP contribution in [0.25, 0.3) is 0 Å². The maximum Gasteiger partial charge on any atom is 0.272 e. The molecule has 1 aliphatic heterocycles. The molecular formula is C18H18FN3O3S. The Morgan fingerprint density at radius 2 is 1.77 bits per heavy atom. The smallest absolute Gasteiger partial charge is 0.272 e. The number of piperidine rings is 1. The first-order chi connectivity index (χ1) is 12.6. The van der Waals surface area contributed by atoms with Gasteiger partial charge in [-0.05, 0) is 36.4 Å². The van der Waals surface area contributed by atoms with Crippen molar-refractivity contribution in [3.05, 3.63) is 58.0 Å². The van der Waals surface area contributed by atoms with E-state index in [4.69, 9.17) is 0 Å². The molecule has 1 fully saturated rings. The topological polar surface area (TPSA) is 78.5 Å². The van der Waals surface area contributed by atoms with Gasteiger partial charge in [-0.15, -0.1) is 11.3 Å². The maximum absolute atomic E-state index is 13.5. The fourth-order valence-corrected chi connectivity index (χ4v) is 3.52. The lowest BCUT2D eigenvalue weighted by Gasteiger charge is -2.31. The Morgan fingerprint density at radius 3 is 2.42 bits per heavy atom. The van der Waals surface area contributed by atoms with Crippen LogP contribution in [0.2, 0.25) is 0 Å². The largest absolute Gasteiger partial charge is 0.338 e. The lowest BCUT2D eigenvalue weighted by Crippen LogP contribution is -2.48. The minimum absolute atomic E-state index is 0.0216. The number of nitrogens with zero attached hydrogens (tertiary/aromatic N) is 1. The molecule has 0 atom stereocenters. The normalized spacial score (nSPS) is 14.7. The molecule has 2 aromatic rings. The van der Waals surface area contributed by atoms with Crippen LogP contribution in [0.15, 0.2) is 41.8 Å². The second-order valence-corrected chi connectivity index (χ2v) is 6.91. The Morgan fingerprint density at radius 1 is 1.04 bits per heavy atom. The maximum atomic E-state index is 13.5. The Bertz CT molecular complexity index is 802. The second kappa shape index (κ2) is 8.09. The van der Waals surface area contributed by atoms with E-state index in [2.05, 4.69) is 10.9 Å². The van der Waals surface area contributed by atoms with E-state index < -0.39 is 11.7 Å². The number of likely N-dealkylation sites (tertiary alicyclic amines) is 1. The molecule has 1 saturated heterocycles. The third-order valence-corrected chi connectivity index (χ3v) is 5.16. The van der Waals surface area contributed by atoms with Gasteiger partial charge < -0.3 is 4.90 Å². The Hall–Kier alpha value is -2.74. The Labute approximate surface area is 154 Å². The number of nitrogens with one attached hydrogen (secondary N) is 2. The van der Waals surface area contributed by atoms with Gasteiger partial charge in [-0.25, -0.2) is 4.39 Å². The molecule has 2 heterocycles. The van der Waals surface area contributed by atoms with E-state index in [0.29, 0.717) is 30.8 Å². The molecule has 1 aliphatic rings. The molecule has 1 aromatic carbocycles. The highest BCUT2D eigenvalue weighted by molar-refractivity contribution is 7.12. The molecule has 3 rings (SSSR count). The highest BCUT2D eigenvalue weighted by Crippen LogP contribution is 2.20. The molecule has 1 aromatic heterocycles. The van der Waals surface area contributed by atoms with Crippen molar-refractivity contribution in [1.29, 1.82) is 0 Å². The van der Waals surface area contributed by atoms with E-state index in [9.17, 15) is 18.8 Å². The SMILES string of the molecule is O=C(NNC(=O)C1CCN(C(=O)c2cccs2)CC1)c1ccccc1F. The molecule has 26 heavy (non-hydrogen) atoms. The average Bonchev–Trinajstić information content (AvgIpc) is 3.20. The molecule has 6 nitrogen and oxygen atoms in total. The molecule has 0 unspecified atom stereocenters. The molecule has 0 bridgehead atoms. The summed E-state index contributed by atoms with van der Waals surface area (Å²) in [6.45, 7) is 0.964. The second-order valence-electron chi connectivity index (χ2n) is 5.97. The first-order valence-electron chi connectivity index (χ1n) is 8.24. The Kier molecular flexibility index (Phi) is 5.62. The number of halogens is 1. The number of thiophene rings is 1. The summed E-state index contributed by atoms with van der Waals surface area (Å²) in [4.78, 5) is 38.8. The van der Waals surface area contributed by atoms with Crippen molar-refractivity contribution in [2.45, 2.75) is 12.8 Å². The summed E-state index contributed by atoms with van der Waals surface area (Å²) in [5.74, 6) is -2.02. The standard InChI is InChI=1S/C18H18FN3O3S/c19-14-5-2-1-4-13(14)17(24)21-20-16(23)12-7-9-22(10-8-12)18(25)15-6-3-11-26-15/h1-6,11-12H,7-10H2,(H,20,23)(H,21,24). The third kappa shape index (κ3) is 4.08. The van der Waals surface area contributed by atoms with Crippen LogP contribution in [0, 0.1) is 11.7 Å². The predicted octanol–water partition coefficient (Wildman–Crippen LogP) is 2.20. The van der Waals surface area contributed by atoms with Crippen molar-refractivity contribution < 1.29 is 18.8 Å². The molecule has 0 saturated carbocycles. The molecule has 0 spiro atoms. The van der Waals surface area contributed by atoms with Crippen LogP contribution >= 0.6 is 11.3 Å². The van der Waals surface area contributed by atoms with Crippen LogP contribution in [0.4, 0.5) is 4.39 Å². The summed E-state index contributed by atoms with van der Waals surface area (Å²) in [5, 5.41) is 1.85. The lowest BCUT2D eigenvalue weighted by atomic mass is 9.96. The van der Waals surface area contributed by atoms with Crippen molar-refractivity contribution in [1.82, 2.24) is 15.8 Å². The molecule has 0 radical (unpaired) electrons. The van der Waals surface area contributed by atoms with Gasteiger partial charge in [-0.3, -0.25) is 25.2 Å². The van der Waals surface area contributed by atoms with E-state index in [1.165, 1.54) is 29.5 Å². The number of carbonyl (C=O) groups excluding carboxylic acids is 3. The molecule has 2 N–H and O–H groups in total. The van der Waals surface area contributed by atoms with Crippen LogP contribution in [0.1, 0.15) is 32.9 Å². The fourth-order valence-electron chi connectivity index (χ4n) is 2.83. The summed E-state index contributed by atoms with van der Waals surface area (Å²) in [6.07, 6.45) is 1.02. The van der Waals surface area contributed by atoms with Crippen LogP contribution < -0.4 is 10.9 Å². The number of hydrazine groups is 1. The average molecular weight is 375 g/mol. The Balaban J connectivity index is 1.47. The van der Waals surface area contributed by atoms with Gasteiger partial charge >= 0.3 is 0 Å². The van der Waals surface area contributed by atoms with Crippen molar-refractivity contribution in [2.75, 3.05) is 13.1 Å². The van der Waals surface area contributed by atoms with Gasteiger partial charge in [0.05, 0.1) is 10.4 Å². The lowest BCUT2D eigenvalue weighted by molar-refractivity contribution is -0.127. The van der Waals surface area contributed by atoms with Crippen LogP contribution in [0.5, 0.6) is 0 Å². The summed E-state index contributed by atoms with van der Waals surface area (Å²) >= 11 is 1.39. The van der Waals surface area contributed by atoms with Gasteiger partial charge in [0.15, 0.2) is 0 Å². The number of hydrogen-bond donors (Lipinski definition) is 2. The van der Waals surface area contributed by atoms with E-state index >= 15 is 0 Å². The van der Waals surface area contributed by atoms with Crippen LogP contribution in [-0.2, 0) is 4.79 Å². The summed E-state index contributed by atoms with van der Waals surface area (Å²) in [6, 6.07) is 9.15. The first kappa shape index (κ1) is 18.1. The van der Waals surface area contributed by atoms with Crippen LogP contribution in [0.3, 0.4) is 0 Å².